The second kappa shape index (κ2) is 9.82. The van der Waals surface area contributed by atoms with Gasteiger partial charge in [-0.25, -0.2) is 0 Å². The van der Waals surface area contributed by atoms with Crippen molar-refractivity contribution < 1.29 is 40.1 Å². The third-order valence-electron chi connectivity index (χ3n) is 8.55. The minimum absolute atomic E-state index is 0.0152. The number of rotatable bonds is 6. The van der Waals surface area contributed by atoms with Crippen molar-refractivity contribution in [3.8, 4) is 0 Å². The summed E-state index contributed by atoms with van der Waals surface area (Å²) in [5.74, 6) is -0.156. The van der Waals surface area contributed by atoms with E-state index in [-0.39, 0.29) is 30.5 Å². The summed E-state index contributed by atoms with van der Waals surface area (Å²) in [6.07, 6.45) is -1.34. The number of hydrogen-bond acceptors (Lipinski definition) is 8. The molecule has 10 atom stereocenters. The first-order chi connectivity index (χ1) is 15.2. The fraction of sp³-hybridized carbons (Fsp3) is 0.920. The summed E-state index contributed by atoms with van der Waals surface area (Å²) >= 11 is 0. The molecule has 0 aromatic rings. The van der Waals surface area contributed by atoms with Crippen LogP contribution in [0, 0.1) is 22.7 Å². The molecule has 192 valence electrons. The van der Waals surface area contributed by atoms with Crippen molar-refractivity contribution in [2.75, 3.05) is 13.2 Å². The Labute approximate surface area is 197 Å². The third-order valence-corrected chi connectivity index (χ3v) is 8.55. The fourth-order valence-electron chi connectivity index (χ4n) is 7.47. The van der Waals surface area contributed by atoms with Crippen molar-refractivity contribution >= 4 is 0 Å². The van der Waals surface area contributed by atoms with Crippen molar-refractivity contribution in [1.82, 2.24) is 0 Å². The van der Waals surface area contributed by atoms with Crippen LogP contribution < -0.4 is 0 Å². The predicted molar refractivity (Wildman–Crippen MR) is 122 cm³/mol. The van der Waals surface area contributed by atoms with Crippen LogP contribution in [0.25, 0.3) is 0 Å². The van der Waals surface area contributed by atoms with E-state index in [9.17, 15) is 30.6 Å². The summed E-state index contributed by atoms with van der Waals surface area (Å²) in [5.41, 5.74) is -0.793. The Balaban J connectivity index is 1.93. The molecule has 0 bridgehead atoms. The first-order valence-electron chi connectivity index (χ1n) is 12.2. The first kappa shape index (κ1) is 27.0. The topological polar surface area (TPSA) is 140 Å². The van der Waals surface area contributed by atoms with Crippen molar-refractivity contribution in [1.29, 1.82) is 0 Å². The standard InChI is InChI=1S/C25H44O8/c1-14(8-9-26)6-7-18-24(4)11-15(27)10-23(2,3)21(24)17(12-25(18,5)31)33-22-20(30)19(29)16(28)13-32-22/h8,15-22,26-31H,6-7,9-13H2,1-5H3. The summed E-state index contributed by atoms with van der Waals surface area (Å²) in [5, 5.41) is 62.1. The van der Waals surface area contributed by atoms with E-state index in [1.54, 1.807) is 6.08 Å². The van der Waals surface area contributed by atoms with Gasteiger partial charge in [0.25, 0.3) is 0 Å². The highest BCUT2D eigenvalue weighted by atomic mass is 16.7. The smallest absolute Gasteiger partial charge is 0.186 e. The highest BCUT2D eigenvalue weighted by Gasteiger charge is 2.63. The average Bonchev–Trinajstić information content (AvgIpc) is 2.65. The van der Waals surface area contributed by atoms with Crippen LogP contribution in [0.2, 0.25) is 0 Å². The molecule has 8 heteroatoms. The number of ether oxygens (including phenoxy) is 2. The quantitative estimate of drug-likeness (QED) is 0.316. The molecule has 0 amide bonds. The van der Waals surface area contributed by atoms with Gasteiger partial charge in [0.2, 0.25) is 0 Å². The Morgan fingerprint density at radius 1 is 1.03 bits per heavy atom. The van der Waals surface area contributed by atoms with Gasteiger partial charge in [0.05, 0.1) is 31.0 Å². The van der Waals surface area contributed by atoms with Crippen molar-refractivity contribution in [2.24, 2.45) is 22.7 Å². The van der Waals surface area contributed by atoms with E-state index in [0.717, 1.165) is 12.0 Å². The molecular formula is C25H44O8. The molecule has 3 aliphatic rings. The van der Waals surface area contributed by atoms with Crippen LogP contribution in [-0.4, -0.2) is 86.3 Å². The normalized spacial score (nSPS) is 48.4. The lowest BCUT2D eigenvalue weighted by atomic mass is 9.43. The van der Waals surface area contributed by atoms with Crippen LogP contribution in [0.4, 0.5) is 0 Å². The minimum atomic E-state index is -1.40. The minimum Gasteiger partial charge on any atom is -0.393 e. The molecule has 2 saturated carbocycles. The molecule has 6 N–H and O–H groups in total. The van der Waals surface area contributed by atoms with Gasteiger partial charge in [-0.05, 0) is 62.2 Å². The van der Waals surface area contributed by atoms with E-state index in [1.807, 2.05) is 13.8 Å². The lowest BCUT2D eigenvalue weighted by Crippen LogP contribution is -2.66. The van der Waals surface area contributed by atoms with Gasteiger partial charge in [-0.2, -0.15) is 0 Å². The number of hydrogen-bond donors (Lipinski definition) is 6. The second-order valence-corrected chi connectivity index (χ2v) is 11.8. The van der Waals surface area contributed by atoms with Gasteiger partial charge < -0.3 is 40.1 Å². The molecule has 0 radical (unpaired) electrons. The molecule has 3 rings (SSSR count). The fourth-order valence-corrected chi connectivity index (χ4v) is 7.47. The van der Waals surface area contributed by atoms with E-state index < -0.39 is 47.8 Å². The van der Waals surface area contributed by atoms with Crippen LogP contribution in [0.15, 0.2) is 11.6 Å². The molecule has 1 saturated heterocycles. The molecule has 33 heavy (non-hydrogen) atoms. The largest absolute Gasteiger partial charge is 0.393 e. The predicted octanol–water partition coefficient (Wildman–Crippen LogP) is 1.10. The van der Waals surface area contributed by atoms with Crippen LogP contribution in [0.5, 0.6) is 0 Å². The van der Waals surface area contributed by atoms with Crippen LogP contribution in [-0.2, 0) is 9.47 Å². The van der Waals surface area contributed by atoms with Gasteiger partial charge in [0.15, 0.2) is 6.29 Å². The molecule has 2 aliphatic carbocycles. The lowest BCUT2D eigenvalue weighted by Gasteiger charge is -2.64. The van der Waals surface area contributed by atoms with E-state index in [0.29, 0.717) is 25.7 Å². The number of aliphatic hydroxyl groups is 6. The molecule has 0 aromatic carbocycles. The zero-order chi connectivity index (χ0) is 24.8. The van der Waals surface area contributed by atoms with Gasteiger partial charge in [0, 0.05) is 6.42 Å². The van der Waals surface area contributed by atoms with E-state index in [1.165, 1.54) is 0 Å². The Morgan fingerprint density at radius 3 is 2.33 bits per heavy atom. The van der Waals surface area contributed by atoms with Gasteiger partial charge >= 0.3 is 0 Å². The van der Waals surface area contributed by atoms with Gasteiger partial charge in [0.1, 0.15) is 18.3 Å². The Kier molecular flexibility index (Phi) is 8.04. The van der Waals surface area contributed by atoms with Gasteiger partial charge in [-0.3, -0.25) is 0 Å². The monoisotopic (exact) mass is 472 g/mol. The van der Waals surface area contributed by atoms with Crippen LogP contribution >= 0.6 is 0 Å². The average molecular weight is 473 g/mol. The maximum absolute atomic E-state index is 11.7. The molecule has 10 unspecified atom stereocenters. The maximum Gasteiger partial charge on any atom is 0.186 e. The van der Waals surface area contributed by atoms with Crippen molar-refractivity contribution in [3.05, 3.63) is 11.6 Å². The highest BCUT2D eigenvalue weighted by Crippen LogP contribution is 2.63. The molecule has 8 nitrogen and oxygen atoms in total. The SMILES string of the molecule is CC(=CCO)CCC1C(C)(O)CC(OC2OCC(O)C(O)C2O)C2C(C)(C)CC(O)CC21C. The number of allylic oxidation sites excluding steroid dienone is 1. The Bertz CT molecular complexity index is 707. The zero-order valence-electron chi connectivity index (χ0n) is 20.6. The lowest BCUT2D eigenvalue weighted by molar-refractivity contribution is -0.319. The van der Waals surface area contributed by atoms with E-state index in [4.69, 9.17) is 9.47 Å². The molecule has 0 spiro atoms. The van der Waals surface area contributed by atoms with Crippen LogP contribution in [0.3, 0.4) is 0 Å². The van der Waals surface area contributed by atoms with E-state index >= 15 is 0 Å². The summed E-state index contributed by atoms with van der Waals surface area (Å²) < 4.78 is 11.8. The Hall–Kier alpha value is -0.580. The summed E-state index contributed by atoms with van der Waals surface area (Å²) in [6.45, 7) is 9.97. The molecular weight excluding hydrogens is 428 g/mol. The molecule has 1 heterocycles. The molecule has 1 aliphatic heterocycles. The number of fused-ring (bicyclic) bond motifs is 1. The van der Waals surface area contributed by atoms with Gasteiger partial charge in [-0.1, -0.05) is 32.4 Å². The summed E-state index contributed by atoms with van der Waals surface area (Å²) in [4.78, 5) is 0. The van der Waals surface area contributed by atoms with Crippen molar-refractivity contribution in [3.63, 3.8) is 0 Å². The van der Waals surface area contributed by atoms with E-state index in [2.05, 4.69) is 20.8 Å². The first-order valence-corrected chi connectivity index (χ1v) is 12.2. The Morgan fingerprint density at radius 2 is 1.70 bits per heavy atom. The molecule has 3 fully saturated rings. The van der Waals surface area contributed by atoms with Crippen LogP contribution in [0.1, 0.15) is 66.7 Å². The zero-order valence-corrected chi connectivity index (χ0v) is 20.6. The summed E-state index contributed by atoms with van der Waals surface area (Å²) in [6, 6.07) is 0. The third kappa shape index (κ3) is 5.33. The highest BCUT2D eigenvalue weighted by molar-refractivity contribution is 5.13. The second-order valence-electron chi connectivity index (χ2n) is 11.8. The summed E-state index contributed by atoms with van der Waals surface area (Å²) in [7, 11) is 0. The van der Waals surface area contributed by atoms with Crippen molar-refractivity contribution in [2.45, 2.75) is 109 Å². The molecule has 0 aromatic heterocycles. The number of aliphatic hydroxyl groups excluding tert-OH is 5. The van der Waals surface area contributed by atoms with Gasteiger partial charge in [-0.15, -0.1) is 0 Å². The maximum atomic E-state index is 11.7.